The lowest BCUT2D eigenvalue weighted by atomic mass is 9.95. The van der Waals surface area contributed by atoms with Crippen LogP contribution >= 0.6 is 0 Å². The third-order valence-electron chi connectivity index (χ3n) is 5.73. The number of hydrogen-bond acceptors (Lipinski definition) is 5. The molecule has 1 aromatic carbocycles. The SMILES string of the molecule is CCCOC1CCCN(C(=O)C2CCN(S(=O)(=O)c3cccc(OC(F)(F)F)c3)CC2)C1. The average molecular weight is 479 g/mol. The molecular formula is C21H29F3N2O5S. The van der Waals surface area contributed by atoms with Gasteiger partial charge in [0.1, 0.15) is 5.75 Å². The number of piperidine rings is 2. The molecule has 0 bridgehead atoms. The standard InChI is InChI=1S/C21H29F3N2O5S/c1-2-13-30-18-6-4-10-25(15-18)20(27)16-8-11-26(12-9-16)32(28,29)19-7-3-5-17(14-19)31-21(22,23)24/h3,5,7,14,16,18H,2,4,6,8-13,15H2,1H3. The maximum Gasteiger partial charge on any atom is 0.573 e. The van der Waals surface area contributed by atoms with Gasteiger partial charge in [-0.15, -0.1) is 13.2 Å². The molecule has 1 atom stereocenters. The molecule has 1 amide bonds. The first-order valence-corrected chi connectivity index (χ1v) is 12.3. The van der Waals surface area contributed by atoms with Crippen LogP contribution in [0.3, 0.4) is 0 Å². The Morgan fingerprint density at radius 3 is 2.53 bits per heavy atom. The van der Waals surface area contributed by atoms with Gasteiger partial charge in [0.05, 0.1) is 11.0 Å². The normalized spacial score (nSPS) is 21.5. The van der Waals surface area contributed by atoms with Crippen LogP contribution < -0.4 is 4.74 Å². The van der Waals surface area contributed by atoms with E-state index in [1.54, 1.807) is 0 Å². The molecule has 2 aliphatic heterocycles. The number of sulfonamides is 1. The molecule has 0 N–H and O–H groups in total. The Labute approximate surface area is 186 Å². The van der Waals surface area contributed by atoms with E-state index in [0.717, 1.165) is 31.4 Å². The van der Waals surface area contributed by atoms with Crippen LogP contribution in [0.5, 0.6) is 5.75 Å². The van der Waals surface area contributed by atoms with Crippen LogP contribution in [-0.4, -0.2) is 68.8 Å². The van der Waals surface area contributed by atoms with Crippen molar-refractivity contribution in [2.75, 3.05) is 32.8 Å². The van der Waals surface area contributed by atoms with Gasteiger partial charge in [-0.1, -0.05) is 13.0 Å². The quantitative estimate of drug-likeness (QED) is 0.601. The zero-order chi connectivity index (χ0) is 23.4. The highest BCUT2D eigenvalue weighted by atomic mass is 32.2. The molecule has 1 unspecified atom stereocenters. The maximum absolute atomic E-state index is 13.0. The first-order chi connectivity index (χ1) is 15.1. The highest BCUT2D eigenvalue weighted by molar-refractivity contribution is 7.89. The summed E-state index contributed by atoms with van der Waals surface area (Å²) in [7, 11) is -3.99. The lowest BCUT2D eigenvalue weighted by Crippen LogP contribution is -2.48. The first-order valence-electron chi connectivity index (χ1n) is 10.9. The van der Waals surface area contributed by atoms with Crippen molar-refractivity contribution in [1.82, 2.24) is 9.21 Å². The van der Waals surface area contributed by atoms with Crippen LogP contribution in [0.4, 0.5) is 13.2 Å². The van der Waals surface area contributed by atoms with E-state index < -0.39 is 22.1 Å². The number of ether oxygens (including phenoxy) is 2. The summed E-state index contributed by atoms with van der Waals surface area (Å²) in [5, 5.41) is 0. The molecule has 0 radical (unpaired) electrons. The molecule has 2 fully saturated rings. The van der Waals surface area contributed by atoms with Gasteiger partial charge >= 0.3 is 6.36 Å². The Bertz CT molecular complexity index is 886. The number of likely N-dealkylation sites (tertiary alicyclic amines) is 1. The van der Waals surface area contributed by atoms with Gasteiger partial charge < -0.3 is 14.4 Å². The van der Waals surface area contributed by atoms with Crippen LogP contribution in [0.15, 0.2) is 29.2 Å². The molecule has 2 aliphatic rings. The van der Waals surface area contributed by atoms with E-state index in [2.05, 4.69) is 4.74 Å². The van der Waals surface area contributed by atoms with E-state index >= 15 is 0 Å². The number of hydrogen-bond donors (Lipinski definition) is 0. The number of carbonyl (C=O) groups excluding carboxylic acids is 1. The summed E-state index contributed by atoms with van der Waals surface area (Å²) in [5.74, 6) is -0.840. The molecule has 0 aromatic heterocycles. The van der Waals surface area contributed by atoms with E-state index in [4.69, 9.17) is 4.74 Å². The zero-order valence-corrected chi connectivity index (χ0v) is 18.8. The van der Waals surface area contributed by atoms with Crippen molar-refractivity contribution in [2.24, 2.45) is 5.92 Å². The van der Waals surface area contributed by atoms with Crippen molar-refractivity contribution < 1.29 is 35.9 Å². The number of nitrogens with zero attached hydrogens (tertiary/aromatic N) is 2. The molecule has 0 aliphatic carbocycles. The third-order valence-corrected chi connectivity index (χ3v) is 7.62. The summed E-state index contributed by atoms with van der Waals surface area (Å²) < 4.78 is 74.0. The van der Waals surface area contributed by atoms with Gasteiger partial charge in [0, 0.05) is 44.8 Å². The fourth-order valence-corrected chi connectivity index (χ4v) is 5.65. The summed E-state index contributed by atoms with van der Waals surface area (Å²) in [5.41, 5.74) is 0. The fourth-order valence-electron chi connectivity index (χ4n) is 4.14. The van der Waals surface area contributed by atoms with Crippen LogP contribution in [-0.2, 0) is 19.6 Å². The Balaban J connectivity index is 1.59. The van der Waals surface area contributed by atoms with Gasteiger partial charge in [-0.3, -0.25) is 4.79 Å². The third kappa shape index (κ3) is 6.35. The van der Waals surface area contributed by atoms with Crippen molar-refractivity contribution in [3.05, 3.63) is 24.3 Å². The van der Waals surface area contributed by atoms with Gasteiger partial charge in [-0.2, -0.15) is 4.31 Å². The molecule has 0 spiro atoms. The smallest absolute Gasteiger partial charge is 0.406 e. The van der Waals surface area contributed by atoms with Crippen LogP contribution in [0, 0.1) is 5.92 Å². The van der Waals surface area contributed by atoms with E-state index in [0.29, 0.717) is 32.5 Å². The summed E-state index contributed by atoms with van der Waals surface area (Å²) in [6.45, 7) is 4.20. The lowest BCUT2D eigenvalue weighted by Gasteiger charge is -2.37. The van der Waals surface area contributed by atoms with Gasteiger partial charge in [0.2, 0.25) is 15.9 Å². The van der Waals surface area contributed by atoms with E-state index in [-0.39, 0.29) is 35.9 Å². The van der Waals surface area contributed by atoms with Gasteiger partial charge in [-0.25, -0.2) is 8.42 Å². The molecule has 32 heavy (non-hydrogen) atoms. The summed E-state index contributed by atoms with van der Waals surface area (Å²) in [6.07, 6.45) is -1.40. The monoisotopic (exact) mass is 478 g/mol. The minimum absolute atomic E-state index is 0.0208. The second kappa shape index (κ2) is 10.4. The molecule has 3 rings (SSSR count). The van der Waals surface area contributed by atoms with Crippen LogP contribution in [0.1, 0.15) is 39.0 Å². The Morgan fingerprint density at radius 2 is 1.88 bits per heavy atom. The lowest BCUT2D eigenvalue weighted by molar-refractivity contribution is -0.274. The van der Waals surface area contributed by atoms with Crippen molar-refractivity contribution >= 4 is 15.9 Å². The average Bonchev–Trinajstić information content (AvgIpc) is 2.76. The van der Waals surface area contributed by atoms with Crippen molar-refractivity contribution in [3.63, 3.8) is 0 Å². The number of halogens is 3. The Morgan fingerprint density at radius 1 is 1.16 bits per heavy atom. The minimum atomic E-state index is -4.91. The first kappa shape index (κ1) is 24.8. The van der Waals surface area contributed by atoms with Gasteiger partial charge in [0.25, 0.3) is 0 Å². The minimum Gasteiger partial charge on any atom is -0.406 e. The molecule has 2 heterocycles. The number of benzene rings is 1. The summed E-state index contributed by atoms with van der Waals surface area (Å²) in [4.78, 5) is 14.5. The molecule has 2 saturated heterocycles. The molecular weight excluding hydrogens is 449 g/mol. The number of rotatable bonds is 7. The van der Waals surface area contributed by atoms with Crippen LogP contribution in [0.2, 0.25) is 0 Å². The molecule has 11 heteroatoms. The van der Waals surface area contributed by atoms with E-state index in [1.807, 2.05) is 11.8 Å². The Kier molecular flexibility index (Phi) is 8.05. The van der Waals surface area contributed by atoms with E-state index in [1.165, 1.54) is 16.4 Å². The van der Waals surface area contributed by atoms with E-state index in [9.17, 15) is 26.4 Å². The highest BCUT2D eigenvalue weighted by Gasteiger charge is 2.36. The topological polar surface area (TPSA) is 76.2 Å². The Hall–Kier alpha value is -1.85. The van der Waals surface area contributed by atoms with Crippen molar-refractivity contribution in [3.8, 4) is 5.75 Å². The molecule has 1 aromatic rings. The second-order valence-corrected chi connectivity index (χ2v) is 10.1. The molecule has 180 valence electrons. The number of amides is 1. The van der Waals surface area contributed by atoms with Gasteiger partial charge in [-0.05, 0) is 44.2 Å². The maximum atomic E-state index is 13.0. The van der Waals surface area contributed by atoms with Crippen molar-refractivity contribution in [2.45, 2.75) is 56.4 Å². The van der Waals surface area contributed by atoms with Crippen LogP contribution in [0.25, 0.3) is 0 Å². The second-order valence-electron chi connectivity index (χ2n) is 8.12. The van der Waals surface area contributed by atoms with Gasteiger partial charge in [0.15, 0.2) is 0 Å². The molecule has 7 nitrogen and oxygen atoms in total. The highest BCUT2D eigenvalue weighted by Crippen LogP contribution is 2.29. The summed E-state index contributed by atoms with van der Waals surface area (Å²) >= 11 is 0. The number of alkyl halides is 3. The largest absolute Gasteiger partial charge is 0.573 e. The fraction of sp³-hybridized carbons (Fsp3) is 0.667. The molecule has 0 saturated carbocycles. The zero-order valence-electron chi connectivity index (χ0n) is 18.0. The number of carbonyl (C=O) groups is 1. The predicted octanol–water partition coefficient (Wildman–Crippen LogP) is 3.40. The predicted molar refractivity (Wildman–Crippen MR) is 110 cm³/mol. The summed E-state index contributed by atoms with van der Waals surface area (Å²) in [6, 6.07) is 4.36. The van der Waals surface area contributed by atoms with Crippen molar-refractivity contribution in [1.29, 1.82) is 0 Å².